The maximum atomic E-state index is 12.2. The highest BCUT2D eigenvalue weighted by Gasteiger charge is 2.31. The second-order valence-corrected chi connectivity index (χ2v) is 6.60. The molecule has 0 aliphatic carbocycles. The van der Waals surface area contributed by atoms with Crippen LogP contribution in [0.2, 0.25) is 0 Å². The average Bonchev–Trinajstić information content (AvgIpc) is 3.35. The molecule has 0 radical (unpaired) electrons. The molecule has 0 unspecified atom stereocenters. The van der Waals surface area contributed by atoms with Crippen LogP contribution < -0.4 is 14.8 Å². The molecule has 0 bridgehead atoms. The van der Waals surface area contributed by atoms with Crippen molar-refractivity contribution in [3.05, 3.63) is 70.0 Å². The van der Waals surface area contributed by atoms with Crippen LogP contribution in [0.1, 0.15) is 23.7 Å². The second kappa shape index (κ2) is 6.12. The lowest BCUT2D eigenvalue weighted by atomic mass is 9.88. The van der Waals surface area contributed by atoms with E-state index in [1.165, 1.54) is 12.1 Å². The van der Waals surface area contributed by atoms with Crippen molar-refractivity contribution in [1.29, 1.82) is 0 Å². The van der Waals surface area contributed by atoms with Crippen molar-refractivity contribution in [3.63, 3.8) is 0 Å². The van der Waals surface area contributed by atoms with E-state index in [2.05, 4.69) is 5.32 Å². The highest BCUT2D eigenvalue weighted by atomic mass is 16.7. The number of amides is 1. The summed E-state index contributed by atoms with van der Waals surface area (Å²) in [5.74, 6) is 2.10. The first kappa shape index (κ1) is 16.4. The molecule has 0 saturated heterocycles. The number of nitro benzene ring substituents is 1. The fourth-order valence-corrected chi connectivity index (χ4v) is 3.55. The molecule has 2 aromatic carbocycles. The summed E-state index contributed by atoms with van der Waals surface area (Å²) in [5.41, 5.74) is 2.32. The Morgan fingerprint density at radius 1 is 1.04 bits per heavy atom. The predicted octanol–water partition coefficient (Wildman–Crippen LogP) is 4.06. The Labute approximate surface area is 158 Å². The Balaban J connectivity index is 1.51. The third-order valence-corrected chi connectivity index (χ3v) is 4.92. The van der Waals surface area contributed by atoms with Gasteiger partial charge < -0.3 is 19.2 Å². The highest BCUT2D eigenvalue weighted by molar-refractivity contribution is 5.96. The molecule has 2 aliphatic heterocycles. The van der Waals surface area contributed by atoms with Gasteiger partial charge in [0.1, 0.15) is 11.5 Å². The lowest BCUT2D eigenvalue weighted by Crippen LogP contribution is -2.23. The van der Waals surface area contributed by atoms with Gasteiger partial charge in [-0.05, 0) is 35.9 Å². The summed E-state index contributed by atoms with van der Waals surface area (Å²) in [4.78, 5) is 22.6. The van der Waals surface area contributed by atoms with Crippen LogP contribution in [0.3, 0.4) is 0 Å². The van der Waals surface area contributed by atoms with Gasteiger partial charge in [-0.1, -0.05) is 0 Å². The zero-order valence-corrected chi connectivity index (χ0v) is 14.5. The van der Waals surface area contributed by atoms with Crippen LogP contribution in [-0.4, -0.2) is 17.6 Å². The van der Waals surface area contributed by atoms with Gasteiger partial charge in [-0.15, -0.1) is 0 Å². The minimum atomic E-state index is -0.445. The van der Waals surface area contributed by atoms with Crippen molar-refractivity contribution in [1.82, 2.24) is 0 Å². The maximum absolute atomic E-state index is 12.2. The Hall–Kier alpha value is -3.81. The van der Waals surface area contributed by atoms with Crippen LogP contribution in [0.5, 0.6) is 11.5 Å². The van der Waals surface area contributed by atoms with Crippen LogP contribution in [0.15, 0.2) is 52.9 Å². The first-order valence-corrected chi connectivity index (χ1v) is 8.66. The summed E-state index contributed by atoms with van der Waals surface area (Å²) in [5, 5.41) is 13.7. The van der Waals surface area contributed by atoms with E-state index in [1.54, 1.807) is 24.3 Å². The quantitative estimate of drug-likeness (QED) is 0.544. The zero-order chi connectivity index (χ0) is 19.3. The lowest BCUT2D eigenvalue weighted by Gasteiger charge is -2.24. The molecule has 2 aliphatic rings. The minimum absolute atomic E-state index is 0.0180. The molecule has 1 aromatic heterocycles. The Morgan fingerprint density at radius 3 is 2.54 bits per heavy atom. The van der Waals surface area contributed by atoms with E-state index in [0.29, 0.717) is 28.7 Å². The molecule has 1 atom stereocenters. The summed E-state index contributed by atoms with van der Waals surface area (Å²) >= 11 is 0. The van der Waals surface area contributed by atoms with Gasteiger partial charge in [0.05, 0.1) is 10.8 Å². The number of nitrogens with zero attached hydrogens (tertiary/aromatic N) is 1. The molecule has 5 rings (SSSR count). The average molecular weight is 378 g/mol. The van der Waals surface area contributed by atoms with Crippen LogP contribution in [0.25, 0.3) is 11.3 Å². The number of fused-ring (bicyclic) bond motifs is 2. The standard InChI is InChI=1S/C20H14N2O6/c23-20-8-14(13-7-18-19(27-10-26-18)9-15(13)21-20)17-6-5-16(28-17)11-1-3-12(4-2-11)22(24)25/h1-7,9,14H,8,10H2,(H,21,23)/t14-/m0/s1. The fraction of sp³-hybridized carbons (Fsp3) is 0.150. The van der Waals surface area contributed by atoms with E-state index in [1.807, 2.05) is 12.1 Å². The Kier molecular flexibility index (Phi) is 3.58. The number of hydrogen-bond donors (Lipinski definition) is 1. The van der Waals surface area contributed by atoms with E-state index in [9.17, 15) is 14.9 Å². The molecular formula is C20H14N2O6. The number of ether oxygens (including phenoxy) is 2. The molecule has 0 saturated carbocycles. The van der Waals surface area contributed by atoms with E-state index in [0.717, 1.165) is 11.1 Å². The third-order valence-electron chi connectivity index (χ3n) is 4.92. The lowest BCUT2D eigenvalue weighted by molar-refractivity contribution is -0.384. The first-order valence-electron chi connectivity index (χ1n) is 8.66. The molecule has 1 N–H and O–H groups in total. The number of furan rings is 1. The van der Waals surface area contributed by atoms with Crippen LogP contribution in [0.4, 0.5) is 11.4 Å². The van der Waals surface area contributed by atoms with Crippen LogP contribution >= 0.6 is 0 Å². The maximum Gasteiger partial charge on any atom is 0.269 e. The SMILES string of the molecule is O=C1C[C@H](c2ccc(-c3ccc([N+](=O)[O-])cc3)o2)c2cc3c(cc2N1)OCO3. The fourth-order valence-electron chi connectivity index (χ4n) is 3.55. The summed E-state index contributed by atoms with van der Waals surface area (Å²) in [7, 11) is 0. The van der Waals surface area contributed by atoms with Crippen molar-refractivity contribution >= 4 is 17.3 Å². The first-order chi connectivity index (χ1) is 13.6. The number of nitrogens with one attached hydrogen (secondary N) is 1. The van der Waals surface area contributed by atoms with Crippen LogP contribution in [0, 0.1) is 10.1 Å². The normalized spacial score (nSPS) is 17.1. The summed E-state index contributed by atoms with van der Waals surface area (Å²) < 4.78 is 16.9. The number of benzene rings is 2. The van der Waals surface area contributed by atoms with E-state index < -0.39 is 4.92 Å². The van der Waals surface area contributed by atoms with Gasteiger partial charge in [0.25, 0.3) is 5.69 Å². The number of carbonyl (C=O) groups is 1. The van der Waals surface area contributed by atoms with E-state index >= 15 is 0 Å². The summed E-state index contributed by atoms with van der Waals surface area (Å²) in [6, 6.07) is 13.4. The number of hydrogen-bond acceptors (Lipinski definition) is 6. The van der Waals surface area contributed by atoms with Crippen molar-refractivity contribution < 1.29 is 23.6 Å². The van der Waals surface area contributed by atoms with Crippen molar-refractivity contribution in [3.8, 4) is 22.8 Å². The van der Waals surface area contributed by atoms with Gasteiger partial charge in [0.2, 0.25) is 12.7 Å². The van der Waals surface area contributed by atoms with E-state index in [4.69, 9.17) is 13.9 Å². The van der Waals surface area contributed by atoms with Crippen LogP contribution in [-0.2, 0) is 4.79 Å². The van der Waals surface area contributed by atoms with Gasteiger partial charge in [-0.2, -0.15) is 0 Å². The number of rotatable bonds is 3. The number of anilines is 1. The predicted molar refractivity (Wildman–Crippen MR) is 98.5 cm³/mol. The number of non-ortho nitro benzene ring substituents is 1. The Bertz CT molecular complexity index is 1100. The molecule has 0 fully saturated rings. The molecule has 0 spiro atoms. The highest BCUT2D eigenvalue weighted by Crippen LogP contribution is 2.45. The minimum Gasteiger partial charge on any atom is -0.460 e. The van der Waals surface area contributed by atoms with E-state index in [-0.39, 0.29) is 30.7 Å². The number of carbonyl (C=O) groups excluding carboxylic acids is 1. The van der Waals surface area contributed by atoms with Gasteiger partial charge in [-0.25, -0.2) is 0 Å². The summed E-state index contributed by atoms with van der Waals surface area (Å²) in [6.45, 7) is 0.155. The third kappa shape index (κ3) is 2.66. The molecule has 28 heavy (non-hydrogen) atoms. The summed E-state index contributed by atoms with van der Waals surface area (Å²) in [6.07, 6.45) is 0.250. The molecule has 1 amide bonds. The molecule has 140 valence electrons. The molecule has 3 aromatic rings. The van der Waals surface area contributed by atoms with Gasteiger partial charge in [0.15, 0.2) is 11.5 Å². The second-order valence-electron chi connectivity index (χ2n) is 6.60. The van der Waals surface area contributed by atoms with Gasteiger partial charge in [-0.3, -0.25) is 14.9 Å². The largest absolute Gasteiger partial charge is 0.460 e. The topological polar surface area (TPSA) is 104 Å². The smallest absolute Gasteiger partial charge is 0.269 e. The molecule has 8 nitrogen and oxygen atoms in total. The molecular weight excluding hydrogens is 364 g/mol. The number of nitro groups is 1. The van der Waals surface area contributed by atoms with Gasteiger partial charge in [0, 0.05) is 35.9 Å². The van der Waals surface area contributed by atoms with Crippen molar-refractivity contribution in [2.75, 3.05) is 12.1 Å². The Morgan fingerprint density at radius 2 is 1.79 bits per heavy atom. The zero-order valence-electron chi connectivity index (χ0n) is 14.5. The van der Waals surface area contributed by atoms with Crippen molar-refractivity contribution in [2.24, 2.45) is 0 Å². The molecule has 8 heteroatoms. The van der Waals surface area contributed by atoms with Crippen molar-refractivity contribution in [2.45, 2.75) is 12.3 Å². The monoisotopic (exact) mass is 378 g/mol. The molecule has 3 heterocycles. The van der Waals surface area contributed by atoms with Gasteiger partial charge >= 0.3 is 0 Å².